The van der Waals surface area contributed by atoms with E-state index < -0.39 is 0 Å². The van der Waals surface area contributed by atoms with Gasteiger partial charge in [-0.25, -0.2) is 4.68 Å². The molecule has 3 aromatic rings. The second-order valence-corrected chi connectivity index (χ2v) is 5.36. The molecule has 0 radical (unpaired) electrons. The maximum absolute atomic E-state index is 12.1. The largest absolute Gasteiger partial charge is 0.346 e. The zero-order chi connectivity index (χ0) is 16.2. The van der Waals surface area contributed by atoms with Gasteiger partial charge in [0.25, 0.3) is 5.91 Å². The molecule has 1 N–H and O–H groups in total. The summed E-state index contributed by atoms with van der Waals surface area (Å²) in [5.41, 5.74) is 4.48. The Morgan fingerprint density at radius 3 is 2.83 bits per heavy atom. The van der Waals surface area contributed by atoms with Gasteiger partial charge in [0, 0.05) is 18.9 Å². The van der Waals surface area contributed by atoms with Crippen LogP contribution in [-0.4, -0.2) is 25.9 Å². The number of hydrogen-bond acceptors (Lipinski definition) is 4. The lowest BCUT2D eigenvalue weighted by atomic mass is 10.1. The van der Waals surface area contributed by atoms with Crippen molar-refractivity contribution >= 4 is 5.91 Å². The fourth-order valence-electron chi connectivity index (χ4n) is 2.14. The third-order valence-electron chi connectivity index (χ3n) is 3.66. The van der Waals surface area contributed by atoms with E-state index in [0.717, 1.165) is 11.3 Å². The highest BCUT2D eigenvalue weighted by Crippen LogP contribution is 2.13. The second-order valence-electron chi connectivity index (χ2n) is 5.36. The molecule has 6 heteroatoms. The Labute approximate surface area is 134 Å². The highest BCUT2D eigenvalue weighted by molar-refractivity contribution is 5.91. The lowest BCUT2D eigenvalue weighted by Crippen LogP contribution is -2.23. The molecule has 0 atom stereocenters. The third kappa shape index (κ3) is 3.42. The number of aromatic nitrogens is 4. The molecule has 1 aromatic carbocycles. The Hall–Kier alpha value is -3.02. The summed E-state index contributed by atoms with van der Waals surface area (Å²) in [5, 5.41) is 10.8. The van der Waals surface area contributed by atoms with Gasteiger partial charge in [0.05, 0.1) is 11.9 Å². The smallest absolute Gasteiger partial charge is 0.273 e. The molecule has 23 heavy (non-hydrogen) atoms. The molecule has 0 fully saturated rings. The van der Waals surface area contributed by atoms with E-state index in [2.05, 4.69) is 27.5 Å². The number of rotatable bonds is 4. The van der Waals surface area contributed by atoms with Crippen LogP contribution in [-0.2, 0) is 6.54 Å². The van der Waals surface area contributed by atoms with Gasteiger partial charge in [-0.1, -0.05) is 17.3 Å². The Bertz CT molecular complexity index is 826. The van der Waals surface area contributed by atoms with E-state index in [-0.39, 0.29) is 11.6 Å². The number of nitrogens with one attached hydrogen (secondary N) is 1. The fraction of sp³-hybridized carbons (Fsp3) is 0.176. The molecular weight excluding hydrogens is 290 g/mol. The quantitative estimate of drug-likeness (QED) is 0.802. The van der Waals surface area contributed by atoms with Gasteiger partial charge in [0.1, 0.15) is 0 Å². The summed E-state index contributed by atoms with van der Waals surface area (Å²) >= 11 is 0. The number of benzene rings is 1. The van der Waals surface area contributed by atoms with Crippen LogP contribution >= 0.6 is 0 Å². The summed E-state index contributed by atoms with van der Waals surface area (Å²) in [5.74, 6) is -0.260. The van der Waals surface area contributed by atoms with E-state index in [9.17, 15) is 4.79 Å². The molecular formula is C17H17N5O. The zero-order valence-electron chi connectivity index (χ0n) is 13.0. The molecule has 0 unspecified atom stereocenters. The summed E-state index contributed by atoms with van der Waals surface area (Å²) < 4.78 is 1.60. The van der Waals surface area contributed by atoms with Crippen molar-refractivity contribution in [3.8, 4) is 5.69 Å². The van der Waals surface area contributed by atoms with Gasteiger partial charge in [-0.2, -0.15) is 0 Å². The van der Waals surface area contributed by atoms with Crippen LogP contribution in [0.3, 0.4) is 0 Å². The molecule has 6 nitrogen and oxygen atoms in total. The lowest BCUT2D eigenvalue weighted by molar-refractivity contribution is 0.0946. The number of hydrogen-bond donors (Lipinski definition) is 1. The van der Waals surface area contributed by atoms with E-state index in [1.165, 1.54) is 11.1 Å². The Morgan fingerprint density at radius 2 is 2.09 bits per heavy atom. The van der Waals surface area contributed by atoms with Crippen LogP contribution in [0.4, 0.5) is 0 Å². The zero-order valence-corrected chi connectivity index (χ0v) is 13.0. The topological polar surface area (TPSA) is 72.7 Å². The van der Waals surface area contributed by atoms with Gasteiger partial charge in [0.2, 0.25) is 0 Å². The molecule has 0 bridgehead atoms. The summed E-state index contributed by atoms with van der Waals surface area (Å²) in [7, 11) is 0. The van der Waals surface area contributed by atoms with Crippen molar-refractivity contribution < 1.29 is 4.79 Å². The van der Waals surface area contributed by atoms with Crippen LogP contribution in [0.25, 0.3) is 5.69 Å². The number of nitrogens with zero attached hydrogens (tertiary/aromatic N) is 4. The van der Waals surface area contributed by atoms with Crippen molar-refractivity contribution in [2.75, 3.05) is 0 Å². The van der Waals surface area contributed by atoms with E-state index in [4.69, 9.17) is 0 Å². The highest BCUT2D eigenvalue weighted by Gasteiger charge is 2.11. The van der Waals surface area contributed by atoms with Crippen LogP contribution in [0.5, 0.6) is 0 Å². The average Bonchev–Trinajstić information content (AvgIpc) is 3.06. The predicted molar refractivity (Wildman–Crippen MR) is 86.2 cm³/mol. The van der Waals surface area contributed by atoms with Crippen LogP contribution in [0.2, 0.25) is 0 Å². The SMILES string of the molecule is Cc1ccc(-n2cc(C(=O)NCc3cccnc3)nn2)cc1C. The van der Waals surface area contributed by atoms with Crippen molar-refractivity contribution in [3.05, 3.63) is 71.3 Å². The Kier molecular flexibility index (Phi) is 4.14. The molecule has 2 aromatic heterocycles. The minimum Gasteiger partial charge on any atom is -0.346 e. The van der Waals surface area contributed by atoms with E-state index in [0.29, 0.717) is 6.54 Å². The summed E-state index contributed by atoms with van der Waals surface area (Å²) in [6, 6.07) is 9.72. The second kappa shape index (κ2) is 6.39. The van der Waals surface area contributed by atoms with E-state index >= 15 is 0 Å². The number of carbonyl (C=O) groups is 1. The first-order valence-electron chi connectivity index (χ1n) is 7.30. The first-order chi connectivity index (χ1) is 11.1. The normalized spacial score (nSPS) is 10.5. The molecule has 0 saturated heterocycles. The minimum absolute atomic E-state index is 0.260. The van der Waals surface area contributed by atoms with Gasteiger partial charge in [0.15, 0.2) is 5.69 Å². The fourth-order valence-corrected chi connectivity index (χ4v) is 2.14. The molecule has 1 amide bonds. The van der Waals surface area contributed by atoms with Gasteiger partial charge in [-0.3, -0.25) is 9.78 Å². The van der Waals surface area contributed by atoms with Gasteiger partial charge >= 0.3 is 0 Å². The van der Waals surface area contributed by atoms with Gasteiger partial charge in [-0.15, -0.1) is 5.10 Å². The number of carbonyl (C=O) groups excluding carboxylic acids is 1. The number of aryl methyl sites for hydroxylation is 2. The maximum Gasteiger partial charge on any atom is 0.273 e. The molecule has 2 heterocycles. The maximum atomic E-state index is 12.1. The van der Waals surface area contributed by atoms with Crippen LogP contribution < -0.4 is 5.32 Å². The average molecular weight is 307 g/mol. The van der Waals surface area contributed by atoms with Crippen LogP contribution in [0, 0.1) is 13.8 Å². The third-order valence-corrected chi connectivity index (χ3v) is 3.66. The number of amides is 1. The molecule has 0 aliphatic heterocycles. The van der Waals surface area contributed by atoms with E-state index in [1.807, 2.05) is 37.3 Å². The molecule has 116 valence electrons. The first kappa shape index (κ1) is 14.9. The standard InChI is InChI=1S/C17H17N5O/c1-12-5-6-15(8-13(12)2)22-11-16(20-21-22)17(23)19-10-14-4-3-7-18-9-14/h3-9,11H,10H2,1-2H3,(H,19,23). The van der Waals surface area contributed by atoms with Crippen molar-refractivity contribution in [1.29, 1.82) is 0 Å². The van der Waals surface area contributed by atoms with Crippen molar-refractivity contribution in [2.24, 2.45) is 0 Å². The van der Waals surface area contributed by atoms with Gasteiger partial charge < -0.3 is 5.32 Å². The molecule has 3 rings (SSSR count). The van der Waals surface area contributed by atoms with Crippen molar-refractivity contribution in [2.45, 2.75) is 20.4 Å². The minimum atomic E-state index is -0.260. The molecule has 0 aliphatic carbocycles. The van der Waals surface area contributed by atoms with Crippen LogP contribution in [0.1, 0.15) is 27.2 Å². The monoisotopic (exact) mass is 307 g/mol. The molecule has 0 aliphatic rings. The van der Waals surface area contributed by atoms with Crippen molar-refractivity contribution in [3.63, 3.8) is 0 Å². The summed E-state index contributed by atoms with van der Waals surface area (Å²) in [6.45, 7) is 4.50. The summed E-state index contributed by atoms with van der Waals surface area (Å²) in [4.78, 5) is 16.1. The predicted octanol–water partition coefficient (Wildman–Crippen LogP) is 2.21. The van der Waals surface area contributed by atoms with Gasteiger partial charge in [-0.05, 0) is 48.7 Å². The molecule has 0 saturated carbocycles. The van der Waals surface area contributed by atoms with Crippen LogP contribution in [0.15, 0.2) is 48.9 Å². The highest BCUT2D eigenvalue weighted by atomic mass is 16.2. The molecule has 0 spiro atoms. The van der Waals surface area contributed by atoms with E-state index in [1.54, 1.807) is 23.3 Å². The Morgan fingerprint density at radius 1 is 1.22 bits per heavy atom. The first-order valence-corrected chi connectivity index (χ1v) is 7.30. The summed E-state index contributed by atoms with van der Waals surface area (Å²) in [6.07, 6.45) is 5.04. The number of pyridine rings is 1. The Balaban J connectivity index is 1.71. The van der Waals surface area contributed by atoms with Crippen molar-refractivity contribution in [1.82, 2.24) is 25.3 Å². The lowest BCUT2D eigenvalue weighted by Gasteiger charge is -2.04.